The predicted octanol–water partition coefficient (Wildman–Crippen LogP) is 10.3. The number of benzene rings is 2. The molecule has 2 aromatic carbocycles. The Morgan fingerprint density at radius 3 is 1.52 bits per heavy atom. The van der Waals surface area contributed by atoms with Gasteiger partial charge in [0.05, 0.1) is 19.4 Å². The molecule has 4 amide bonds. The summed E-state index contributed by atoms with van der Waals surface area (Å²) in [6.07, 6.45) is 4.00. The van der Waals surface area contributed by atoms with Crippen LogP contribution in [0.15, 0.2) is 83.5 Å². The van der Waals surface area contributed by atoms with E-state index in [2.05, 4.69) is 24.5 Å². The molecule has 0 bridgehead atoms. The van der Waals surface area contributed by atoms with Gasteiger partial charge >= 0.3 is 30.3 Å². The topological polar surface area (TPSA) is 175 Å². The zero-order chi connectivity index (χ0) is 48.0. The maximum absolute atomic E-state index is 12.7. The fourth-order valence-electron chi connectivity index (χ4n) is 8.22. The molecule has 1 aromatic heterocycles. The third kappa shape index (κ3) is 17.3. The molecule has 0 spiro atoms. The van der Waals surface area contributed by atoms with Crippen LogP contribution >= 0.6 is 0 Å². The van der Waals surface area contributed by atoms with Gasteiger partial charge in [-0.25, -0.2) is 24.0 Å². The molecule has 2 fully saturated rings. The molecule has 2 saturated heterocycles. The lowest BCUT2D eigenvalue weighted by Gasteiger charge is -2.33. The summed E-state index contributed by atoms with van der Waals surface area (Å²) in [4.78, 5) is 65.7. The Bertz CT molecular complexity index is 1970. The first-order valence-electron chi connectivity index (χ1n) is 22.5. The van der Waals surface area contributed by atoms with Crippen molar-refractivity contribution in [1.82, 2.24) is 20.4 Å². The van der Waals surface area contributed by atoms with E-state index in [0.29, 0.717) is 44.0 Å². The molecule has 2 aliphatic rings. The monoisotopic (exact) mass is 905 g/mol. The number of rotatable bonds is 14. The first kappa shape index (κ1) is 51.9. The highest BCUT2D eigenvalue weighted by molar-refractivity contribution is 5.81. The van der Waals surface area contributed by atoms with Crippen LogP contribution in [0.2, 0.25) is 0 Å². The number of hydrogen-bond acceptors (Lipinski definition) is 11. The zero-order valence-corrected chi connectivity index (χ0v) is 40.3. The van der Waals surface area contributed by atoms with Gasteiger partial charge in [0.1, 0.15) is 36.2 Å². The number of carbonyl (C=O) groups excluding carboxylic acids is 5. The van der Waals surface area contributed by atoms with Crippen molar-refractivity contribution in [3.8, 4) is 0 Å². The molecule has 0 radical (unpaired) electrons. The lowest BCUT2D eigenvalue weighted by Crippen LogP contribution is -2.45. The number of nitrogens with one attached hydrogen (secondary N) is 2. The second-order valence-electron chi connectivity index (χ2n) is 20.2. The van der Waals surface area contributed by atoms with Crippen molar-refractivity contribution in [2.24, 2.45) is 11.8 Å². The fraction of sp³-hybridized carbons (Fsp3) is 0.580. The summed E-state index contributed by atoms with van der Waals surface area (Å²) in [6, 6.07) is 21.4. The molecule has 358 valence electrons. The highest BCUT2D eigenvalue weighted by atomic mass is 16.6. The Labute approximate surface area is 385 Å². The maximum Gasteiger partial charge on any atom is 0.410 e. The van der Waals surface area contributed by atoms with Gasteiger partial charge in [-0.3, -0.25) is 0 Å². The summed E-state index contributed by atoms with van der Waals surface area (Å²) in [5, 5.41) is 5.55. The summed E-state index contributed by atoms with van der Waals surface area (Å²) in [5.41, 5.74) is 0.0565. The molecule has 65 heavy (non-hydrogen) atoms. The van der Waals surface area contributed by atoms with Gasteiger partial charge in [-0.05, 0) is 143 Å². The summed E-state index contributed by atoms with van der Waals surface area (Å²) in [5.74, 6) is 0.634. The molecule has 3 heterocycles. The number of hydrogen-bond donors (Lipinski definition) is 2. The molecule has 15 heteroatoms. The molecule has 5 rings (SSSR count). The number of ether oxygens (including phenoxy) is 5. The lowest BCUT2D eigenvalue weighted by atomic mass is 9.91. The second-order valence-corrected chi connectivity index (χ2v) is 20.2. The van der Waals surface area contributed by atoms with Gasteiger partial charge in [-0.15, -0.1) is 0 Å². The Morgan fingerprint density at radius 2 is 1.11 bits per heavy atom. The van der Waals surface area contributed by atoms with E-state index in [1.54, 1.807) is 11.2 Å². The zero-order valence-electron chi connectivity index (χ0n) is 40.3. The Balaban J connectivity index is 0.000000285. The number of amides is 4. The van der Waals surface area contributed by atoms with E-state index in [1.165, 1.54) is 7.11 Å². The van der Waals surface area contributed by atoms with Crippen LogP contribution in [0.1, 0.15) is 131 Å². The number of furan rings is 1. The molecule has 2 aliphatic heterocycles. The molecule has 15 nitrogen and oxygen atoms in total. The van der Waals surface area contributed by atoms with Crippen LogP contribution in [0.3, 0.4) is 0 Å². The van der Waals surface area contributed by atoms with Gasteiger partial charge in [-0.1, -0.05) is 60.7 Å². The summed E-state index contributed by atoms with van der Waals surface area (Å²) in [6.45, 7) is 20.8. The number of alkyl carbamates (subject to hydrolysis) is 2. The van der Waals surface area contributed by atoms with Crippen molar-refractivity contribution in [2.45, 2.75) is 155 Å². The van der Waals surface area contributed by atoms with Crippen LogP contribution in [0, 0.1) is 11.8 Å². The number of likely N-dealkylation sites (tertiary alicyclic amines) is 2. The first-order valence-corrected chi connectivity index (χ1v) is 22.5. The molecule has 2 unspecified atom stereocenters. The SMILES string of the molecule is CC(C)(C)OC(=O)N1C[C@@H](CCC(NC(=O)OCc2ccccc2)c2ccco2)CC1(C)C.COC(=O)C(CC[C@@H]1CN(C(=O)OC(C)(C)C)C(C)(C)C1)NC(=O)OCc1ccccc1. The summed E-state index contributed by atoms with van der Waals surface area (Å²) < 4.78 is 32.2. The first-order chi connectivity index (χ1) is 30.4. The Morgan fingerprint density at radius 1 is 0.662 bits per heavy atom. The Kier molecular flexibility index (Phi) is 18.3. The van der Waals surface area contributed by atoms with Gasteiger partial charge in [0.15, 0.2) is 0 Å². The summed E-state index contributed by atoms with van der Waals surface area (Å²) in [7, 11) is 1.29. The molecule has 4 atom stereocenters. The predicted molar refractivity (Wildman–Crippen MR) is 245 cm³/mol. The van der Waals surface area contributed by atoms with E-state index < -0.39 is 35.4 Å². The normalized spacial score (nSPS) is 18.6. The van der Waals surface area contributed by atoms with E-state index in [0.717, 1.165) is 30.4 Å². The largest absolute Gasteiger partial charge is 0.467 e. The van der Waals surface area contributed by atoms with Crippen molar-refractivity contribution >= 4 is 30.3 Å². The molecule has 0 aliphatic carbocycles. The third-order valence-corrected chi connectivity index (χ3v) is 11.3. The molecule has 2 N–H and O–H groups in total. The van der Waals surface area contributed by atoms with Crippen LogP contribution in [-0.2, 0) is 41.7 Å². The molecule has 3 aromatic rings. The van der Waals surface area contributed by atoms with Gasteiger partial charge in [0.25, 0.3) is 0 Å². The van der Waals surface area contributed by atoms with Crippen molar-refractivity contribution < 1.29 is 52.1 Å². The van der Waals surface area contributed by atoms with Crippen molar-refractivity contribution in [3.05, 3.63) is 95.9 Å². The number of esters is 1. The number of nitrogens with zero attached hydrogens (tertiary/aromatic N) is 2. The standard InChI is InChI=1S/C26H36N2O5.C24H36N2O6/c1-25(2,3)33-24(30)28-17-20(16-26(28,4)5)13-14-21(22-12-9-15-31-22)27-23(29)32-18-19-10-7-6-8-11-19;1-23(2,3)32-22(29)26-15-18(14-24(26,4)5)12-13-19(20(27)30-6)25-21(28)31-16-17-10-8-7-9-11-17/h6-12,15,20-21H,13-14,16-18H2,1-5H3,(H,27,29);7-11,18-19H,12-16H2,1-6H3,(H,25,28)/t20-,21?;18-,19?/m00/s1. The molecular formula is C50H72N4O11. The highest BCUT2D eigenvalue weighted by Crippen LogP contribution is 2.38. The lowest BCUT2D eigenvalue weighted by molar-refractivity contribution is -0.143. The molecular weight excluding hydrogens is 833 g/mol. The summed E-state index contributed by atoms with van der Waals surface area (Å²) >= 11 is 0. The minimum absolute atomic E-state index is 0.113. The fourth-order valence-corrected chi connectivity index (χ4v) is 8.22. The van der Waals surface area contributed by atoms with Crippen LogP contribution < -0.4 is 10.6 Å². The highest BCUT2D eigenvalue weighted by Gasteiger charge is 2.44. The average molecular weight is 905 g/mol. The number of carbonyl (C=O) groups is 5. The van der Waals surface area contributed by atoms with Gasteiger partial charge < -0.3 is 48.5 Å². The van der Waals surface area contributed by atoms with Crippen molar-refractivity contribution in [3.63, 3.8) is 0 Å². The van der Waals surface area contributed by atoms with Crippen LogP contribution in [0.4, 0.5) is 19.2 Å². The van der Waals surface area contributed by atoms with E-state index >= 15 is 0 Å². The van der Waals surface area contributed by atoms with Crippen LogP contribution in [-0.4, -0.2) is 88.7 Å². The molecule has 0 saturated carbocycles. The van der Waals surface area contributed by atoms with Crippen LogP contribution in [0.5, 0.6) is 0 Å². The number of methoxy groups -OCH3 is 1. The minimum Gasteiger partial charge on any atom is -0.467 e. The second kappa shape index (κ2) is 22.9. The third-order valence-electron chi connectivity index (χ3n) is 11.3. The van der Waals surface area contributed by atoms with E-state index in [-0.39, 0.29) is 48.4 Å². The maximum atomic E-state index is 12.7. The van der Waals surface area contributed by atoms with E-state index in [1.807, 2.05) is 133 Å². The average Bonchev–Trinajstić information content (AvgIpc) is 3.95. The smallest absolute Gasteiger partial charge is 0.410 e. The quantitative estimate of drug-likeness (QED) is 0.116. The minimum atomic E-state index is -0.818. The van der Waals surface area contributed by atoms with Gasteiger partial charge in [-0.2, -0.15) is 0 Å². The van der Waals surface area contributed by atoms with E-state index in [9.17, 15) is 24.0 Å². The Hall–Kier alpha value is -5.73. The van der Waals surface area contributed by atoms with Gasteiger partial charge in [0.2, 0.25) is 0 Å². The van der Waals surface area contributed by atoms with Crippen LogP contribution in [0.25, 0.3) is 0 Å². The van der Waals surface area contributed by atoms with Crippen molar-refractivity contribution in [2.75, 3.05) is 20.2 Å². The van der Waals surface area contributed by atoms with Crippen molar-refractivity contribution in [1.29, 1.82) is 0 Å². The van der Waals surface area contributed by atoms with Gasteiger partial charge in [0, 0.05) is 24.2 Å². The van der Waals surface area contributed by atoms with E-state index in [4.69, 9.17) is 28.1 Å².